The number of amides is 2. The first kappa shape index (κ1) is 23.2. The number of halogens is 3. The standard InChI is InChI=1S/C24H16Cl2FNO4S/c1-31-20-11-15(10-19(26)22(20)32-13-14-2-6-17(27)7-3-14)12-21-23(29)28(24(30)33-21)18-8-4-16(25)5-9-18/h2-12H,13H2,1H3/b21-12+. The summed E-state index contributed by atoms with van der Waals surface area (Å²) in [5, 5.41) is 0.357. The van der Waals surface area contributed by atoms with E-state index in [1.165, 1.54) is 19.2 Å². The number of carbonyl (C=O) groups is 2. The van der Waals surface area contributed by atoms with Crippen molar-refractivity contribution in [3.05, 3.63) is 92.6 Å². The molecule has 0 spiro atoms. The van der Waals surface area contributed by atoms with Crippen LogP contribution in [0.15, 0.2) is 65.6 Å². The van der Waals surface area contributed by atoms with Crippen molar-refractivity contribution >= 4 is 57.9 Å². The van der Waals surface area contributed by atoms with Crippen molar-refractivity contribution in [1.29, 1.82) is 0 Å². The molecular formula is C24H16Cl2FNO4S. The molecule has 0 radical (unpaired) electrons. The maximum absolute atomic E-state index is 13.1. The first-order chi connectivity index (χ1) is 15.9. The average Bonchev–Trinajstić information content (AvgIpc) is 3.07. The summed E-state index contributed by atoms with van der Waals surface area (Å²) in [4.78, 5) is 26.7. The van der Waals surface area contributed by atoms with Crippen LogP contribution in [-0.2, 0) is 11.4 Å². The van der Waals surface area contributed by atoms with Crippen molar-refractivity contribution in [2.75, 3.05) is 12.0 Å². The molecule has 0 aromatic heterocycles. The van der Waals surface area contributed by atoms with E-state index in [0.717, 1.165) is 22.2 Å². The molecular weight excluding hydrogens is 488 g/mol. The molecule has 33 heavy (non-hydrogen) atoms. The Morgan fingerprint density at radius 2 is 1.73 bits per heavy atom. The lowest BCUT2D eigenvalue weighted by Gasteiger charge is -2.14. The third kappa shape index (κ3) is 5.16. The van der Waals surface area contributed by atoms with E-state index >= 15 is 0 Å². The number of ether oxygens (including phenoxy) is 2. The minimum atomic E-state index is -0.445. The zero-order valence-electron chi connectivity index (χ0n) is 17.2. The Kier molecular flexibility index (Phi) is 6.93. The zero-order valence-corrected chi connectivity index (χ0v) is 19.5. The van der Waals surface area contributed by atoms with Crippen LogP contribution in [0, 0.1) is 5.82 Å². The van der Waals surface area contributed by atoms with Crippen molar-refractivity contribution in [2.24, 2.45) is 0 Å². The molecule has 1 aliphatic heterocycles. The Bertz CT molecular complexity index is 1250. The number of benzene rings is 3. The van der Waals surface area contributed by atoms with Crippen LogP contribution in [0.25, 0.3) is 6.08 Å². The lowest BCUT2D eigenvalue weighted by molar-refractivity contribution is -0.113. The van der Waals surface area contributed by atoms with E-state index in [-0.39, 0.29) is 22.4 Å². The molecule has 168 valence electrons. The average molecular weight is 504 g/mol. The van der Waals surface area contributed by atoms with Gasteiger partial charge in [-0.2, -0.15) is 0 Å². The van der Waals surface area contributed by atoms with E-state index < -0.39 is 11.1 Å². The van der Waals surface area contributed by atoms with E-state index in [2.05, 4.69) is 0 Å². The van der Waals surface area contributed by atoms with Crippen molar-refractivity contribution in [3.8, 4) is 11.5 Å². The Balaban J connectivity index is 1.57. The lowest BCUT2D eigenvalue weighted by atomic mass is 10.1. The normalized spacial score (nSPS) is 14.8. The van der Waals surface area contributed by atoms with Crippen LogP contribution < -0.4 is 14.4 Å². The summed E-state index contributed by atoms with van der Waals surface area (Å²) in [5.41, 5.74) is 1.76. The van der Waals surface area contributed by atoms with Gasteiger partial charge in [0.2, 0.25) is 0 Å². The molecule has 0 unspecified atom stereocenters. The summed E-state index contributed by atoms with van der Waals surface area (Å²) in [6, 6.07) is 15.6. The SMILES string of the molecule is COc1cc(/C=C2/SC(=O)N(c3ccc(Cl)cc3)C2=O)cc(Cl)c1OCc1ccc(F)cc1. The van der Waals surface area contributed by atoms with Gasteiger partial charge >= 0.3 is 0 Å². The number of thioether (sulfide) groups is 1. The third-order valence-corrected chi connectivity index (χ3v) is 6.13. The molecule has 3 aromatic rings. The maximum Gasteiger partial charge on any atom is 0.298 e. The third-order valence-electron chi connectivity index (χ3n) is 4.72. The number of hydrogen-bond acceptors (Lipinski definition) is 5. The van der Waals surface area contributed by atoms with E-state index in [1.807, 2.05) is 0 Å². The highest BCUT2D eigenvalue weighted by Gasteiger charge is 2.36. The second kappa shape index (κ2) is 9.87. The number of nitrogens with zero attached hydrogens (tertiary/aromatic N) is 1. The van der Waals surface area contributed by atoms with E-state index in [4.69, 9.17) is 32.7 Å². The molecule has 0 aliphatic carbocycles. The smallest absolute Gasteiger partial charge is 0.298 e. The summed E-state index contributed by atoms with van der Waals surface area (Å²) in [6.45, 7) is 0.162. The first-order valence-electron chi connectivity index (χ1n) is 9.64. The van der Waals surface area contributed by atoms with Crippen LogP contribution in [0.3, 0.4) is 0 Å². The number of rotatable bonds is 6. The maximum atomic E-state index is 13.1. The van der Waals surface area contributed by atoms with E-state index in [0.29, 0.717) is 27.8 Å². The van der Waals surface area contributed by atoms with Crippen LogP contribution in [0.2, 0.25) is 10.0 Å². The molecule has 5 nitrogen and oxygen atoms in total. The van der Waals surface area contributed by atoms with Crippen LogP contribution >= 0.6 is 35.0 Å². The minimum Gasteiger partial charge on any atom is -0.493 e. The molecule has 0 saturated carbocycles. The molecule has 3 aromatic carbocycles. The van der Waals surface area contributed by atoms with Gasteiger partial charge < -0.3 is 9.47 Å². The molecule has 0 N–H and O–H groups in total. The van der Waals surface area contributed by atoms with E-state index in [9.17, 15) is 14.0 Å². The van der Waals surface area contributed by atoms with Gasteiger partial charge in [-0.1, -0.05) is 35.3 Å². The second-order valence-corrected chi connectivity index (χ2v) is 8.78. The van der Waals surface area contributed by atoms with Crippen molar-refractivity contribution < 1.29 is 23.5 Å². The molecule has 0 bridgehead atoms. The number of hydrogen-bond donors (Lipinski definition) is 0. The molecule has 2 amide bonds. The van der Waals surface area contributed by atoms with Crippen molar-refractivity contribution in [2.45, 2.75) is 6.61 Å². The predicted molar refractivity (Wildman–Crippen MR) is 129 cm³/mol. The summed E-state index contributed by atoms with van der Waals surface area (Å²) < 4.78 is 24.3. The number of carbonyl (C=O) groups excluding carboxylic acids is 2. The Morgan fingerprint density at radius 1 is 1.03 bits per heavy atom. The Labute approximate surface area is 203 Å². The monoisotopic (exact) mass is 503 g/mol. The quantitative estimate of drug-likeness (QED) is 0.340. The summed E-state index contributed by atoms with van der Waals surface area (Å²) >= 11 is 13.1. The highest BCUT2D eigenvalue weighted by Crippen LogP contribution is 2.40. The van der Waals surface area contributed by atoms with Gasteiger partial charge in [0.25, 0.3) is 11.1 Å². The fourth-order valence-electron chi connectivity index (χ4n) is 3.13. The fraction of sp³-hybridized carbons (Fsp3) is 0.0833. The van der Waals surface area contributed by atoms with Gasteiger partial charge in [0.05, 0.1) is 22.7 Å². The Morgan fingerprint density at radius 3 is 2.39 bits per heavy atom. The first-order valence-corrected chi connectivity index (χ1v) is 11.2. The molecule has 1 heterocycles. The molecule has 9 heteroatoms. The second-order valence-electron chi connectivity index (χ2n) is 6.94. The van der Waals surface area contributed by atoms with Crippen LogP contribution in [0.4, 0.5) is 14.9 Å². The number of anilines is 1. The van der Waals surface area contributed by atoms with Crippen molar-refractivity contribution in [3.63, 3.8) is 0 Å². The highest BCUT2D eigenvalue weighted by atomic mass is 35.5. The van der Waals surface area contributed by atoms with Crippen LogP contribution in [-0.4, -0.2) is 18.3 Å². The van der Waals surface area contributed by atoms with Gasteiger partial charge in [-0.3, -0.25) is 9.59 Å². The molecule has 1 saturated heterocycles. The van der Waals surface area contributed by atoms with Gasteiger partial charge in [0, 0.05) is 5.02 Å². The molecule has 1 fully saturated rings. The van der Waals surface area contributed by atoms with Crippen LogP contribution in [0.1, 0.15) is 11.1 Å². The van der Waals surface area contributed by atoms with Gasteiger partial charge in [-0.15, -0.1) is 0 Å². The van der Waals surface area contributed by atoms with Gasteiger partial charge in [-0.25, -0.2) is 9.29 Å². The van der Waals surface area contributed by atoms with Crippen LogP contribution in [0.5, 0.6) is 11.5 Å². The van der Waals surface area contributed by atoms with E-state index in [1.54, 1.807) is 54.6 Å². The highest BCUT2D eigenvalue weighted by molar-refractivity contribution is 8.19. The lowest BCUT2D eigenvalue weighted by Crippen LogP contribution is -2.27. The number of methoxy groups -OCH3 is 1. The topological polar surface area (TPSA) is 55.8 Å². The van der Waals surface area contributed by atoms with Crippen molar-refractivity contribution in [1.82, 2.24) is 0 Å². The van der Waals surface area contributed by atoms with Gasteiger partial charge in [-0.05, 0) is 77.5 Å². The summed E-state index contributed by atoms with van der Waals surface area (Å²) in [6.07, 6.45) is 1.57. The zero-order chi connectivity index (χ0) is 23.5. The van der Waals surface area contributed by atoms with Gasteiger partial charge in [0.15, 0.2) is 11.5 Å². The summed E-state index contributed by atoms with van der Waals surface area (Å²) in [7, 11) is 1.47. The summed E-state index contributed by atoms with van der Waals surface area (Å²) in [5.74, 6) is -0.110. The largest absolute Gasteiger partial charge is 0.493 e. The number of imide groups is 1. The van der Waals surface area contributed by atoms with Gasteiger partial charge in [0.1, 0.15) is 12.4 Å². The Hall–Kier alpha value is -3.00. The molecule has 1 aliphatic rings. The minimum absolute atomic E-state index is 0.162. The fourth-order valence-corrected chi connectivity index (χ4v) is 4.37. The molecule has 0 atom stereocenters. The predicted octanol–water partition coefficient (Wildman–Crippen LogP) is 6.96. The molecule has 4 rings (SSSR count).